The van der Waals surface area contributed by atoms with Gasteiger partial charge in [0, 0.05) is 42.0 Å². The molecule has 0 unspecified atom stereocenters. The van der Waals surface area contributed by atoms with Crippen molar-refractivity contribution in [1.82, 2.24) is 9.47 Å². The minimum atomic E-state index is 0.389. The van der Waals surface area contributed by atoms with E-state index in [2.05, 4.69) is 82.4 Å². The van der Waals surface area contributed by atoms with Crippen LogP contribution in [0.3, 0.4) is 0 Å². The summed E-state index contributed by atoms with van der Waals surface area (Å²) in [7, 11) is 0. The molecule has 0 aliphatic carbocycles. The normalized spacial score (nSPS) is 15.5. The van der Waals surface area contributed by atoms with Crippen LogP contribution in [0.4, 0.5) is 0 Å². The molecule has 4 aromatic rings. The van der Waals surface area contributed by atoms with Crippen molar-refractivity contribution in [3.63, 3.8) is 0 Å². The van der Waals surface area contributed by atoms with E-state index in [-0.39, 0.29) is 0 Å². The molecule has 164 valence electrons. The molecule has 0 atom stereocenters. The average Bonchev–Trinajstić information content (AvgIpc) is 3.20. The summed E-state index contributed by atoms with van der Waals surface area (Å²) in [5, 5.41) is 12.8. The standard InChI is InChI=1S/C29H32N2O/c32-29-28-15-8-7-14-25(28)22-31(29)26-17-20-30(21-18-26)19-9-16-27(23-10-3-1-4-11-23)24-12-5-2-6-13-24/h1-8,10-15,22,26-27,32H,9,16-21H2. The molecule has 1 saturated heterocycles. The molecule has 1 aromatic heterocycles. The van der Waals surface area contributed by atoms with E-state index >= 15 is 0 Å². The molecule has 0 bridgehead atoms. The first-order valence-corrected chi connectivity index (χ1v) is 11.9. The zero-order valence-corrected chi connectivity index (χ0v) is 18.6. The van der Waals surface area contributed by atoms with Gasteiger partial charge in [-0.25, -0.2) is 0 Å². The average molecular weight is 425 g/mol. The number of rotatable bonds is 7. The fourth-order valence-electron chi connectivity index (χ4n) is 5.28. The Labute approximate surface area is 190 Å². The first kappa shape index (κ1) is 20.8. The van der Waals surface area contributed by atoms with Gasteiger partial charge < -0.3 is 14.6 Å². The maximum absolute atomic E-state index is 10.7. The van der Waals surface area contributed by atoms with Crippen LogP contribution in [0.25, 0.3) is 10.8 Å². The van der Waals surface area contributed by atoms with E-state index in [9.17, 15) is 5.11 Å². The number of nitrogens with zero attached hydrogens (tertiary/aromatic N) is 2. The lowest BCUT2D eigenvalue weighted by Gasteiger charge is -2.33. The Kier molecular flexibility index (Phi) is 6.27. The SMILES string of the molecule is Oc1c2ccccc2cn1C1CCN(CCCC(c2ccccc2)c2ccccc2)CC1. The van der Waals surface area contributed by atoms with Crippen molar-refractivity contribution < 1.29 is 5.11 Å². The number of aromatic nitrogens is 1. The molecule has 1 aliphatic rings. The van der Waals surface area contributed by atoms with Gasteiger partial charge in [0.2, 0.25) is 0 Å². The number of benzene rings is 3. The number of hydrogen-bond donors (Lipinski definition) is 1. The quantitative estimate of drug-likeness (QED) is 0.362. The zero-order chi connectivity index (χ0) is 21.8. The number of fused-ring (bicyclic) bond motifs is 1. The van der Waals surface area contributed by atoms with Crippen LogP contribution in [-0.4, -0.2) is 34.2 Å². The first-order valence-electron chi connectivity index (χ1n) is 11.9. The van der Waals surface area contributed by atoms with Gasteiger partial charge in [-0.2, -0.15) is 0 Å². The van der Waals surface area contributed by atoms with Crippen LogP contribution in [0.15, 0.2) is 91.1 Å². The highest BCUT2D eigenvalue weighted by molar-refractivity contribution is 5.87. The maximum atomic E-state index is 10.7. The van der Waals surface area contributed by atoms with Gasteiger partial charge in [-0.3, -0.25) is 0 Å². The Hall–Kier alpha value is -3.04. The monoisotopic (exact) mass is 424 g/mol. The molecule has 3 aromatic carbocycles. The Bertz CT molecular complexity index is 1090. The van der Waals surface area contributed by atoms with Crippen molar-refractivity contribution in [2.75, 3.05) is 19.6 Å². The molecule has 5 rings (SSSR count). The molecule has 2 heterocycles. The van der Waals surface area contributed by atoms with E-state index in [1.54, 1.807) is 0 Å². The van der Waals surface area contributed by atoms with E-state index in [0.29, 0.717) is 17.8 Å². The number of hydrogen-bond acceptors (Lipinski definition) is 2. The fraction of sp³-hybridized carbons (Fsp3) is 0.310. The Morgan fingerprint density at radius 3 is 2.00 bits per heavy atom. The van der Waals surface area contributed by atoms with Crippen molar-refractivity contribution in [3.8, 4) is 5.88 Å². The Morgan fingerprint density at radius 2 is 1.38 bits per heavy atom. The van der Waals surface area contributed by atoms with Crippen LogP contribution in [0.2, 0.25) is 0 Å². The number of aromatic hydroxyl groups is 1. The molecule has 0 radical (unpaired) electrons. The van der Waals surface area contributed by atoms with Gasteiger partial charge in [-0.15, -0.1) is 0 Å². The van der Waals surface area contributed by atoms with Gasteiger partial charge in [0.25, 0.3) is 0 Å². The fourth-order valence-corrected chi connectivity index (χ4v) is 5.28. The van der Waals surface area contributed by atoms with E-state index in [4.69, 9.17) is 0 Å². The van der Waals surface area contributed by atoms with E-state index in [0.717, 1.165) is 49.7 Å². The predicted molar refractivity (Wildman–Crippen MR) is 132 cm³/mol. The summed E-state index contributed by atoms with van der Waals surface area (Å²) in [5.74, 6) is 0.881. The molecule has 1 aliphatic heterocycles. The first-order chi connectivity index (χ1) is 15.8. The summed E-state index contributed by atoms with van der Waals surface area (Å²) >= 11 is 0. The summed E-state index contributed by atoms with van der Waals surface area (Å²) in [6, 6.07) is 30.3. The highest BCUT2D eigenvalue weighted by atomic mass is 16.3. The second-order valence-electron chi connectivity index (χ2n) is 9.04. The molecular weight excluding hydrogens is 392 g/mol. The van der Waals surface area contributed by atoms with Crippen molar-refractivity contribution in [1.29, 1.82) is 0 Å². The number of piperidine rings is 1. The zero-order valence-electron chi connectivity index (χ0n) is 18.6. The van der Waals surface area contributed by atoms with E-state index in [1.807, 2.05) is 18.2 Å². The third kappa shape index (κ3) is 4.44. The van der Waals surface area contributed by atoms with Crippen LogP contribution in [0.5, 0.6) is 5.88 Å². The third-order valence-electron chi connectivity index (χ3n) is 7.05. The lowest BCUT2D eigenvalue weighted by Crippen LogP contribution is -2.35. The second kappa shape index (κ2) is 9.62. The second-order valence-corrected chi connectivity index (χ2v) is 9.04. The van der Waals surface area contributed by atoms with Crippen LogP contribution >= 0.6 is 0 Å². The minimum Gasteiger partial charge on any atom is -0.494 e. The van der Waals surface area contributed by atoms with Crippen LogP contribution in [0, 0.1) is 0 Å². The lowest BCUT2D eigenvalue weighted by molar-refractivity contribution is 0.178. The molecular formula is C29H32N2O. The van der Waals surface area contributed by atoms with Crippen LogP contribution in [0.1, 0.15) is 48.8 Å². The van der Waals surface area contributed by atoms with Gasteiger partial charge in [0.05, 0.1) is 0 Å². The van der Waals surface area contributed by atoms with Gasteiger partial charge in [0.1, 0.15) is 0 Å². The van der Waals surface area contributed by atoms with Gasteiger partial charge >= 0.3 is 0 Å². The van der Waals surface area contributed by atoms with Crippen molar-refractivity contribution >= 4 is 10.8 Å². The largest absolute Gasteiger partial charge is 0.494 e. The highest BCUT2D eigenvalue weighted by Gasteiger charge is 2.23. The Morgan fingerprint density at radius 1 is 0.781 bits per heavy atom. The lowest BCUT2D eigenvalue weighted by atomic mass is 9.87. The third-order valence-corrected chi connectivity index (χ3v) is 7.05. The van der Waals surface area contributed by atoms with Crippen molar-refractivity contribution in [2.45, 2.75) is 37.6 Å². The van der Waals surface area contributed by atoms with Crippen molar-refractivity contribution in [3.05, 3.63) is 102 Å². The predicted octanol–water partition coefficient (Wildman–Crippen LogP) is 6.60. The molecule has 0 spiro atoms. The Balaban J connectivity index is 1.18. The summed E-state index contributed by atoms with van der Waals surface area (Å²) in [6.07, 6.45) is 6.66. The van der Waals surface area contributed by atoms with E-state index < -0.39 is 0 Å². The van der Waals surface area contributed by atoms with E-state index in [1.165, 1.54) is 17.5 Å². The molecule has 1 N–H and O–H groups in total. The smallest absolute Gasteiger partial charge is 0.199 e. The molecule has 32 heavy (non-hydrogen) atoms. The topological polar surface area (TPSA) is 28.4 Å². The maximum Gasteiger partial charge on any atom is 0.199 e. The minimum absolute atomic E-state index is 0.389. The van der Waals surface area contributed by atoms with Crippen LogP contribution < -0.4 is 0 Å². The summed E-state index contributed by atoms with van der Waals surface area (Å²) in [4.78, 5) is 2.60. The van der Waals surface area contributed by atoms with Crippen molar-refractivity contribution in [2.24, 2.45) is 0 Å². The summed E-state index contributed by atoms with van der Waals surface area (Å²) in [6.45, 7) is 3.34. The molecule has 3 nitrogen and oxygen atoms in total. The highest BCUT2D eigenvalue weighted by Crippen LogP contribution is 2.34. The summed E-state index contributed by atoms with van der Waals surface area (Å²) < 4.78 is 2.10. The van der Waals surface area contributed by atoms with Gasteiger partial charge in [-0.1, -0.05) is 78.9 Å². The van der Waals surface area contributed by atoms with Crippen LogP contribution in [-0.2, 0) is 0 Å². The molecule has 0 saturated carbocycles. The molecule has 3 heteroatoms. The molecule has 1 fully saturated rings. The summed E-state index contributed by atoms with van der Waals surface area (Å²) in [5.41, 5.74) is 2.82. The van der Waals surface area contributed by atoms with Gasteiger partial charge in [0.15, 0.2) is 5.88 Å². The van der Waals surface area contributed by atoms with Gasteiger partial charge in [-0.05, 0) is 49.4 Å². The number of likely N-dealkylation sites (tertiary alicyclic amines) is 1. The molecule has 0 amide bonds.